The highest BCUT2D eigenvalue weighted by Gasteiger charge is 2.22. The van der Waals surface area contributed by atoms with Gasteiger partial charge in [-0.05, 0) is 38.2 Å². The van der Waals surface area contributed by atoms with Crippen molar-refractivity contribution in [3.05, 3.63) is 35.4 Å². The van der Waals surface area contributed by atoms with E-state index in [1.807, 2.05) is 19.1 Å². The number of hydrogen-bond acceptors (Lipinski definition) is 1. The van der Waals surface area contributed by atoms with E-state index in [1.54, 1.807) is 0 Å². The molecule has 0 bridgehead atoms. The minimum absolute atomic E-state index is 0.680. The van der Waals surface area contributed by atoms with Crippen LogP contribution in [-0.4, -0.2) is 5.11 Å². The van der Waals surface area contributed by atoms with Gasteiger partial charge in [0.2, 0.25) is 0 Å². The minimum atomic E-state index is -0.680. The zero-order valence-corrected chi connectivity index (χ0v) is 11.0. The molecule has 0 aliphatic carbocycles. The average Bonchev–Trinajstić information content (AvgIpc) is 2.16. The molecule has 0 saturated heterocycles. The third-order valence-corrected chi connectivity index (χ3v) is 3.09. The highest BCUT2D eigenvalue weighted by atomic mass is 16.3. The number of benzene rings is 1. The van der Waals surface area contributed by atoms with E-state index >= 15 is 0 Å². The van der Waals surface area contributed by atoms with Crippen LogP contribution in [0.3, 0.4) is 0 Å². The van der Waals surface area contributed by atoms with Crippen molar-refractivity contribution < 1.29 is 5.11 Å². The lowest BCUT2D eigenvalue weighted by Crippen LogP contribution is -2.21. The molecule has 1 heteroatoms. The van der Waals surface area contributed by atoms with Gasteiger partial charge in [0, 0.05) is 0 Å². The van der Waals surface area contributed by atoms with Gasteiger partial charge in [0.05, 0.1) is 5.60 Å². The second kappa shape index (κ2) is 5.49. The van der Waals surface area contributed by atoms with E-state index < -0.39 is 5.60 Å². The molecule has 0 amide bonds. The summed E-state index contributed by atoms with van der Waals surface area (Å²) in [5, 5.41) is 10.4. The van der Waals surface area contributed by atoms with E-state index in [0.29, 0.717) is 5.92 Å². The van der Waals surface area contributed by atoms with Crippen LogP contribution in [-0.2, 0) is 5.60 Å². The Morgan fingerprint density at radius 1 is 1.31 bits per heavy atom. The first kappa shape index (κ1) is 13.2. The molecule has 1 rings (SSSR count). The quantitative estimate of drug-likeness (QED) is 0.794. The number of aryl methyl sites for hydroxylation is 1. The van der Waals surface area contributed by atoms with Crippen LogP contribution in [0.4, 0.5) is 0 Å². The van der Waals surface area contributed by atoms with E-state index in [4.69, 9.17) is 0 Å². The van der Waals surface area contributed by atoms with Gasteiger partial charge in [-0.1, -0.05) is 50.1 Å². The Morgan fingerprint density at radius 2 is 2.00 bits per heavy atom. The number of hydrogen-bond donors (Lipinski definition) is 1. The first-order chi connectivity index (χ1) is 7.42. The zero-order valence-electron chi connectivity index (χ0n) is 11.0. The van der Waals surface area contributed by atoms with Crippen LogP contribution in [0.5, 0.6) is 0 Å². The van der Waals surface area contributed by atoms with Gasteiger partial charge < -0.3 is 5.11 Å². The molecule has 0 fully saturated rings. The van der Waals surface area contributed by atoms with Crippen molar-refractivity contribution in [3.8, 4) is 0 Å². The lowest BCUT2D eigenvalue weighted by Gasteiger charge is -2.24. The van der Waals surface area contributed by atoms with Gasteiger partial charge in [0.25, 0.3) is 0 Å². The van der Waals surface area contributed by atoms with Gasteiger partial charge in [0.15, 0.2) is 0 Å². The Balaban J connectivity index is 2.62. The lowest BCUT2D eigenvalue weighted by molar-refractivity contribution is 0.0440. The molecule has 1 aromatic carbocycles. The molecule has 1 N–H and O–H groups in total. The maximum atomic E-state index is 10.4. The molecule has 0 heterocycles. The van der Waals surface area contributed by atoms with Crippen molar-refractivity contribution in [1.82, 2.24) is 0 Å². The van der Waals surface area contributed by atoms with Gasteiger partial charge >= 0.3 is 0 Å². The highest BCUT2D eigenvalue weighted by Crippen LogP contribution is 2.27. The summed E-state index contributed by atoms with van der Waals surface area (Å²) in [6, 6.07) is 8.17. The minimum Gasteiger partial charge on any atom is -0.385 e. The molecule has 16 heavy (non-hydrogen) atoms. The third-order valence-electron chi connectivity index (χ3n) is 3.09. The van der Waals surface area contributed by atoms with Crippen molar-refractivity contribution >= 4 is 0 Å². The molecular formula is C15H24O. The second-order valence-electron chi connectivity index (χ2n) is 5.43. The molecular weight excluding hydrogens is 196 g/mol. The monoisotopic (exact) mass is 220 g/mol. The van der Waals surface area contributed by atoms with Crippen molar-refractivity contribution in [2.45, 2.75) is 52.6 Å². The van der Waals surface area contributed by atoms with Crippen LogP contribution >= 0.6 is 0 Å². The summed E-state index contributed by atoms with van der Waals surface area (Å²) >= 11 is 0. The molecule has 0 radical (unpaired) electrons. The van der Waals surface area contributed by atoms with Gasteiger partial charge in [-0.2, -0.15) is 0 Å². The van der Waals surface area contributed by atoms with E-state index in [-0.39, 0.29) is 0 Å². The Hall–Kier alpha value is -0.820. The van der Waals surface area contributed by atoms with Gasteiger partial charge in [-0.3, -0.25) is 0 Å². The number of rotatable bonds is 5. The Labute approximate surface area is 99.5 Å². The smallest absolute Gasteiger partial charge is 0.0868 e. The molecule has 0 aliphatic rings. The summed E-state index contributed by atoms with van der Waals surface area (Å²) in [5.74, 6) is 0.716. The van der Waals surface area contributed by atoms with E-state index in [1.165, 1.54) is 12.0 Å². The highest BCUT2D eigenvalue weighted by molar-refractivity contribution is 5.26. The summed E-state index contributed by atoms with van der Waals surface area (Å²) in [4.78, 5) is 0. The van der Waals surface area contributed by atoms with Crippen molar-refractivity contribution in [1.29, 1.82) is 0 Å². The topological polar surface area (TPSA) is 20.2 Å². The fraction of sp³-hybridized carbons (Fsp3) is 0.600. The maximum absolute atomic E-state index is 10.4. The lowest BCUT2D eigenvalue weighted by atomic mass is 9.88. The molecule has 1 aromatic rings. The average molecular weight is 220 g/mol. The Bertz CT molecular complexity index is 326. The van der Waals surface area contributed by atoms with Crippen LogP contribution in [0.15, 0.2) is 24.3 Å². The van der Waals surface area contributed by atoms with Crippen LogP contribution in [0.2, 0.25) is 0 Å². The van der Waals surface area contributed by atoms with Crippen molar-refractivity contribution in [3.63, 3.8) is 0 Å². The van der Waals surface area contributed by atoms with Crippen LogP contribution in [0.25, 0.3) is 0 Å². The standard InChI is InChI=1S/C15H24O/c1-12(2)7-6-10-15(4,16)14-9-5-8-13(3)11-14/h5,8-9,11-12,16H,6-7,10H2,1-4H3. The number of aliphatic hydroxyl groups is 1. The van der Waals surface area contributed by atoms with Crippen LogP contribution < -0.4 is 0 Å². The van der Waals surface area contributed by atoms with Gasteiger partial charge in [-0.15, -0.1) is 0 Å². The van der Waals surface area contributed by atoms with Gasteiger partial charge in [0.1, 0.15) is 0 Å². The van der Waals surface area contributed by atoms with Crippen molar-refractivity contribution in [2.75, 3.05) is 0 Å². The molecule has 1 atom stereocenters. The van der Waals surface area contributed by atoms with E-state index in [9.17, 15) is 5.11 Å². The molecule has 1 unspecified atom stereocenters. The largest absolute Gasteiger partial charge is 0.385 e. The molecule has 0 aliphatic heterocycles. The van der Waals surface area contributed by atoms with Crippen molar-refractivity contribution in [2.24, 2.45) is 5.92 Å². The molecule has 90 valence electrons. The second-order valence-corrected chi connectivity index (χ2v) is 5.43. The fourth-order valence-electron chi connectivity index (χ4n) is 1.98. The summed E-state index contributed by atoms with van der Waals surface area (Å²) in [7, 11) is 0. The molecule has 1 nitrogen and oxygen atoms in total. The van der Waals surface area contributed by atoms with Gasteiger partial charge in [-0.25, -0.2) is 0 Å². The fourth-order valence-corrected chi connectivity index (χ4v) is 1.98. The predicted octanol–water partition coefficient (Wildman–Crippen LogP) is 4.03. The Morgan fingerprint density at radius 3 is 2.56 bits per heavy atom. The summed E-state index contributed by atoms with van der Waals surface area (Å²) < 4.78 is 0. The Kier molecular flexibility index (Phi) is 4.55. The summed E-state index contributed by atoms with van der Waals surface area (Å²) in [5.41, 5.74) is 1.57. The summed E-state index contributed by atoms with van der Waals surface area (Å²) in [6.45, 7) is 8.43. The maximum Gasteiger partial charge on any atom is 0.0868 e. The zero-order chi connectivity index (χ0) is 12.2. The third kappa shape index (κ3) is 3.97. The molecule has 0 saturated carbocycles. The first-order valence-electron chi connectivity index (χ1n) is 6.21. The van der Waals surface area contributed by atoms with Crippen LogP contribution in [0.1, 0.15) is 51.2 Å². The SMILES string of the molecule is Cc1cccc(C(C)(O)CCCC(C)C)c1. The molecule has 0 aromatic heterocycles. The summed E-state index contributed by atoms with van der Waals surface area (Å²) in [6.07, 6.45) is 3.11. The van der Waals surface area contributed by atoms with Crippen LogP contribution in [0, 0.1) is 12.8 Å². The van der Waals surface area contributed by atoms with E-state index in [2.05, 4.69) is 32.9 Å². The first-order valence-corrected chi connectivity index (χ1v) is 6.21. The predicted molar refractivity (Wildman–Crippen MR) is 69.4 cm³/mol. The van der Waals surface area contributed by atoms with E-state index in [0.717, 1.165) is 18.4 Å². The normalized spacial score (nSPS) is 15.1. The molecule has 0 spiro atoms.